The van der Waals surface area contributed by atoms with Crippen LogP contribution in [0.4, 0.5) is 0 Å². The van der Waals surface area contributed by atoms with E-state index in [2.05, 4.69) is 15.0 Å². The van der Waals surface area contributed by atoms with Gasteiger partial charge >= 0.3 is 0 Å². The van der Waals surface area contributed by atoms with Crippen molar-refractivity contribution in [3.8, 4) is 11.6 Å². The highest BCUT2D eigenvalue weighted by Gasteiger charge is 2.05. The second-order valence-corrected chi connectivity index (χ2v) is 4.01. The highest BCUT2D eigenvalue weighted by Crippen LogP contribution is 2.15. The van der Waals surface area contributed by atoms with Crippen molar-refractivity contribution in [3.63, 3.8) is 0 Å². The molecule has 96 valence electrons. The smallest absolute Gasteiger partial charge is 0.215 e. The van der Waals surface area contributed by atoms with E-state index in [-0.39, 0.29) is 0 Å². The van der Waals surface area contributed by atoms with Gasteiger partial charge in [0.2, 0.25) is 5.88 Å². The Morgan fingerprint density at radius 1 is 1.05 bits per heavy atom. The molecule has 0 atom stereocenters. The minimum atomic E-state index is 0.378. The Labute approximate surface area is 110 Å². The summed E-state index contributed by atoms with van der Waals surface area (Å²) in [5.74, 6) is 2.10. The number of pyridine rings is 1. The Balaban J connectivity index is 1.78. The van der Waals surface area contributed by atoms with Crippen LogP contribution in [0.15, 0.2) is 42.5 Å². The van der Waals surface area contributed by atoms with Crippen LogP contribution in [0.5, 0.6) is 11.6 Å². The number of nitrogens with one attached hydrogen (secondary N) is 1. The van der Waals surface area contributed by atoms with E-state index in [1.165, 1.54) is 0 Å². The zero-order valence-electron chi connectivity index (χ0n) is 10.5. The first kappa shape index (κ1) is 11.5. The SMILES string of the molecule is COc1ccc2[nH]c(COc3ccccc3)nc2n1. The fraction of sp³-hybridized carbons (Fsp3) is 0.143. The minimum Gasteiger partial charge on any atom is -0.486 e. The number of fused-ring (bicyclic) bond motifs is 1. The molecule has 0 bridgehead atoms. The maximum absolute atomic E-state index is 5.63. The van der Waals surface area contributed by atoms with Crippen molar-refractivity contribution in [2.75, 3.05) is 7.11 Å². The normalized spacial score (nSPS) is 10.6. The van der Waals surface area contributed by atoms with Crippen LogP contribution in [0.1, 0.15) is 5.82 Å². The van der Waals surface area contributed by atoms with Gasteiger partial charge in [0.15, 0.2) is 5.65 Å². The summed E-state index contributed by atoms with van der Waals surface area (Å²) in [4.78, 5) is 11.8. The minimum absolute atomic E-state index is 0.378. The second kappa shape index (κ2) is 4.97. The standard InChI is InChI=1S/C14H13N3O2/c1-18-13-8-7-11-14(17-13)16-12(15-11)9-19-10-5-3-2-4-6-10/h2-8H,9H2,1H3,(H,15,16,17). The molecule has 5 nitrogen and oxygen atoms in total. The van der Waals surface area contributed by atoms with E-state index < -0.39 is 0 Å². The Morgan fingerprint density at radius 2 is 1.89 bits per heavy atom. The molecule has 0 fully saturated rings. The summed E-state index contributed by atoms with van der Waals surface area (Å²) in [6, 6.07) is 13.3. The molecular weight excluding hydrogens is 242 g/mol. The summed E-state index contributed by atoms with van der Waals surface area (Å²) in [6.07, 6.45) is 0. The Kier molecular flexibility index (Phi) is 3.02. The summed E-state index contributed by atoms with van der Waals surface area (Å²) in [6.45, 7) is 0.378. The molecule has 0 amide bonds. The van der Waals surface area contributed by atoms with Crippen LogP contribution in [0, 0.1) is 0 Å². The number of hydrogen-bond acceptors (Lipinski definition) is 4. The number of hydrogen-bond donors (Lipinski definition) is 1. The van der Waals surface area contributed by atoms with E-state index in [4.69, 9.17) is 9.47 Å². The number of para-hydroxylation sites is 1. The third kappa shape index (κ3) is 2.49. The van der Waals surface area contributed by atoms with Gasteiger partial charge in [-0.05, 0) is 18.2 Å². The Hall–Kier alpha value is -2.56. The lowest BCUT2D eigenvalue weighted by molar-refractivity contribution is 0.297. The molecule has 0 aliphatic heterocycles. The highest BCUT2D eigenvalue weighted by molar-refractivity contribution is 5.71. The number of nitrogens with zero attached hydrogens (tertiary/aromatic N) is 2. The maximum atomic E-state index is 5.63. The van der Waals surface area contributed by atoms with Crippen LogP contribution >= 0.6 is 0 Å². The van der Waals surface area contributed by atoms with Crippen molar-refractivity contribution < 1.29 is 9.47 Å². The van der Waals surface area contributed by atoms with Gasteiger partial charge in [0.05, 0.1) is 12.6 Å². The third-order valence-corrected chi connectivity index (χ3v) is 2.70. The molecular formula is C14H13N3O2. The number of imidazole rings is 1. The molecule has 0 saturated carbocycles. The lowest BCUT2D eigenvalue weighted by atomic mass is 10.3. The van der Waals surface area contributed by atoms with Crippen LogP contribution in [0.25, 0.3) is 11.2 Å². The van der Waals surface area contributed by atoms with Crippen molar-refractivity contribution in [1.29, 1.82) is 0 Å². The molecule has 5 heteroatoms. The van der Waals surface area contributed by atoms with Gasteiger partial charge in [0.1, 0.15) is 18.2 Å². The monoisotopic (exact) mass is 255 g/mol. The number of rotatable bonds is 4. The second-order valence-electron chi connectivity index (χ2n) is 4.01. The van der Waals surface area contributed by atoms with E-state index in [0.717, 1.165) is 17.1 Å². The fourth-order valence-corrected chi connectivity index (χ4v) is 1.78. The van der Waals surface area contributed by atoms with Gasteiger partial charge in [0, 0.05) is 6.07 Å². The summed E-state index contributed by atoms with van der Waals surface area (Å²) >= 11 is 0. The van der Waals surface area contributed by atoms with Crippen LogP contribution in [-0.4, -0.2) is 22.1 Å². The number of benzene rings is 1. The molecule has 0 aliphatic rings. The van der Waals surface area contributed by atoms with Gasteiger partial charge < -0.3 is 14.5 Å². The zero-order chi connectivity index (χ0) is 13.1. The number of methoxy groups -OCH3 is 1. The quantitative estimate of drug-likeness (QED) is 0.778. The molecule has 0 spiro atoms. The summed E-state index contributed by atoms with van der Waals surface area (Å²) < 4.78 is 10.7. The number of aromatic amines is 1. The molecule has 0 aliphatic carbocycles. The fourth-order valence-electron chi connectivity index (χ4n) is 1.78. The average molecular weight is 255 g/mol. The number of ether oxygens (including phenoxy) is 2. The van der Waals surface area contributed by atoms with Crippen LogP contribution in [-0.2, 0) is 6.61 Å². The summed E-state index contributed by atoms with van der Waals surface area (Å²) in [7, 11) is 1.58. The molecule has 1 aromatic carbocycles. The summed E-state index contributed by atoms with van der Waals surface area (Å²) in [5, 5.41) is 0. The number of aromatic nitrogens is 3. The van der Waals surface area contributed by atoms with Gasteiger partial charge in [-0.2, -0.15) is 4.98 Å². The first-order chi connectivity index (χ1) is 9.35. The van der Waals surface area contributed by atoms with Crippen molar-refractivity contribution in [1.82, 2.24) is 15.0 Å². The first-order valence-corrected chi connectivity index (χ1v) is 5.92. The van der Waals surface area contributed by atoms with Crippen molar-refractivity contribution in [2.45, 2.75) is 6.61 Å². The van der Waals surface area contributed by atoms with Crippen LogP contribution in [0.3, 0.4) is 0 Å². The van der Waals surface area contributed by atoms with Gasteiger partial charge in [-0.25, -0.2) is 4.98 Å². The molecule has 0 radical (unpaired) electrons. The van der Waals surface area contributed by atoms with Gasteiger partial charge in [-0.1, -0.05) is 18.2 Å². The predicted octanol–water partition coefficient (Wildman–Crippen LogP) is 2.55. The molecule has 3 aromatic rings. The van der Waals surface area contributed by atoms with Gasteiger partial charge in [-0.15, -0.1) is 0 Å². The lowest BCUT2D eigenvalue weighted by Gasteiger charge is -2.02. The number of H-pyrrole nitrogens is 1. The van der Waals surface area contributed by atoms with Gasteiger partial charge in [0.25, 0.3) is 0 Å². The van der Waals surface area contributed by atoms with Gasteiger partial charge in [-0.3, -0.25) is 0 Å². The highest BCUT2D eigenvalue weighted by atomic mass is 16.5. The largest absolute Gasteiger partial charge is 0.486 e. The van der Waals surface area contributed by atoms with Crippen molar-refractivity contribution >= 4 is 11.2 Å². The maximum Gasteiger partial charge on any atom is 0.215 e. The molecule has 1 N–H and O–H groups in total. The molecule has 19 heavy (non-hydrogen) atoms. The predicted molar refractivity (Wildman–Crippen MR) is 71.2 cm³/mol. The third-order valence-electron chi connectivity index (χ3n) is 2.70. The first-order valence-electron chi connectivity index (χ1n) is 5.92. The van der Waals surface area contributed by atoms with E-state index in [1.54, 1.807) is 13.2 Å². The van der Waals surface area contributed by atoms with E-state index in [1.807, 2.05) is 36.4 Å². The molecule has 0 unspecified atom stereocenters. The van der Waals surface area contributed by atoms with Crippen LogP contribution < -0.4 is 9.47 Å². The molecule has 3 rings (SSSR count). The van der Waals surface area contributed by atoms with Crippen molar-refractivity contribution in [3.05, 3.63) is 48.3 Å². The Morgan fingerprint density at radius 3 is 2.68 bits per heavy atom. The van der Waals surface area contributed by atoms with E-state index in [9.17, 15) is 0 Å². The lowest BCUT2D eigenvalue weighted by Crippen LogP contribution is -1.97. The topological polar surface area (TPSA) is 60.0 Å². The average Bonchev–Trinajstić information content (AvgIpc) is 2.88. The molecule has 2 aromatic heterocycles. The van der Waals surface area contributed by atoms with Crippen LogP contribution in [0.2, 0.25) is 0 Å². The summed E-state index contributed by atoms with van der Waals surface area (Å²) in [5.41, 5.74) is 1.50. The van der Waals surface area contributed by atoms with E-state index in [0.29, 0.717) is 18.1 Å². The zero-order valence-corrected chi connectivity index (χ0v) is 10.5. The van der Waals surface area contributed by atoms with Crippen molar-refractivity contribution in [2.24, 2.45) is 0 Å². The van der Waals surface area contributed by atoms with E-state index >= 15 is 0 Å². The molecule has 2 heterocycles. The Bertz CT molecular complexity index is 679. The molecule has 0 saturated heterocycles.